The maximum absolute atomic E-state index is 12.7. The summed E-state index contributed by atoms with van der Waals surface area (Å²) in [5, 5.41) is 0.196. The van der Waals surface area contributed by atoms with Crippen molar-refractivity contribution in [3.63, 3.8) is 0 Å². The van der Waals surface area contributed by atoms with Crippen molar-refractivity contribution in [2.75, 3.05) is 33.9 Å². The van der Waals surface area contributed by atoms with Crippen molar-refractivity contribution < 1.29 is 28.6 Å². The quantitative estimate of drug-likeness (QED) is 0.389. The molecule has 0 unspecified atom stereocenters. The van der Waals surface area contributed by atoms with E-state index < -0.39 is 17.8 Å². The van der Waals surface area contributed by atoms with Crippen LogP contribution in [-0.2, 0) is 23.9 Å². The Balaban J connectivity index is 2.25. The van der Waals surface area contributed by atoms with E-state index in [9.17, 15) is 14.4 Å². The predicted molar refractivity (Wildman–Crippen MR) is 101 cm³/mol. The van der Waals surface area contributed by atoms with Crippen LogP contribution < -0.4 is 4.74 Å². The summed E-state index contributed by atoms with van der Waals surface area (Å²) in [7, 11) is 2.87. The van der Waals surface area contributed by atoms with Crippen molar-refractivity contribution >= 4 is 41.3 Å². The normalized spacial score (nSPS) is 15.3. The molecule has 1 heterocycles. The smallest absolute Gasteiger partial charge is 0.344 e. The van der Waals surface area contributed by atoms with Crippen LogP contribution in [0.25, 0.3) is 6.08 Å². The first-order chi connectivity index (χ1) is 12.9. The van der Waals surface area contributed by atoms with Crippen LogP contribution in [0.3, 0.4) is 0 Å². The number of rotatable bonds is 7. The molecule has 0 saturated carbocycles. The standard InChI is InChI=1S/C18H20N2O6S/c1-4-25-16(22)11-26-14-8-6-5-7-12(14)9-13-17(23)20(10-15(21)24-3)18(27)19(13)2/h5-9H,4,10-11H2,1-3H3/b13-9-. The molecule has 9 heteroatoms. The van der Waals surface area contributed by atoms with E-state index in [1.807, 2.05) is 0 Å². The predicted octanol–water partition coefficient (Wildman–Crippen LogP) is 1.20. The largest absolute Gasteiger partial charge is 0.481 e. The van der Waals surface area contributed by atoms with E-state index in [2.05, 4.69) is 4.74 Å². The summed E-state index contributed by atoms with van der Waals surface area (Å²) in [6, 6.07) is 6.93. The third-order valence-electron chi connectivity index (χ3n) is 3.72. The summed E-state index contributed by atoms with van der Waals surface area (Å²) in [6.07, 6.45) is 1.59. The average molecular weight is 392 g/mol. The minimum atomic E-state index is -0.571. The van der Waals surface area contributed by atoms with Gasteiger partial charge in [-0.05, 0) is 31.3 Å². The molecule has 2 rings (SSSR count). The molecular formula is C18H20N2O6S. The van der Waals surface area contributed by atoms with E-state index >= 15 is 0 Å². The minimum absolute atomic E-state index is 0.196. The van der Waals surface area contributed by atoms with Gasteiger partial charge in [0, 0.05) is 12.6 Å². The third kappa shape index (κ3) is 4.82. The number of carbonyl (C=O) groups is 3. The summed E-state index contributed by atoms with van der Waals surface area (Å²) in [5.41, 5.74) is 0.857. The molecule has 1 amide bonds. The summed E-state index contributed by atoms with van der Waals surface area (Å²) in [5.74, 6) is -1.07. The van der Waals surface area contributed by atoms with Crippen LogP contribution in [0.1, 0.15) is 12.5 Å². The first kappa shape index (κ1) is 20.4. The number of ether oxygens (including phenoxy) is 3. The molecule has 0 aromatic heterocycles. The fraction of sp³-hybridized carbons (Fsp3) is 0.333. The molecule has 144 valence electrons. The summed E-state index contributed by atoms with van der Waals surface area (Å²) in [6.45, 7) is 1.46. The number of amides is 1. The number of thiocarbonyl (C=S) groups is 1. The first-order valence-corrected chi connectivity index (χ1v) is 8.55. The zero-order chi connectivity index (χ0) is 20.0. The summed E-state index contributed by atoms with van der Waals surface area (Å²) >= 11 is 5.24. The number of likely N-dealkylation sites (N-methyl/N-ethyl adjacent to an activating group) is 1. The number of nitrogens with zero attached hydrogens (tertiary/aromatic N) is 2. The zero-order valence-electron chi connectivity index (χ0n) is 15.3. The maximum atomic E-state index is 12.7. The Labute approximate surface area is 162 Å². The molecule has 0 radical (unpaired) electrons. The Morgan fingerprint density at radius 1 is 1.22 bits per heavy atom. The molecule has 1 aliphatic heterocycles. The summed E-state index contributed by atoms with van der Waals surface area (Å²) < 4.78 is 14.9. The SMILES string of the molecule is CCOC(=O)COc1ccccc1/C=C1/C(=O)N(CC(=O)OC)C(=S)N1C. The lowest BCUT2D eigenvalue weighted by Crippen LogP contribution is -2.36. The van der Waals surface area contributed by atoms with Crippen molar-refractivity contribution in [3.8, 4) is 5.75 Å². The number of hydrogen-bond donors (Lipinski definition) is 0. The lowest BCUT2D eigenvalue weighted by Gasteiger charge is -2.14. The maximum Gasteiger partial charge on any atom is 0.344 e. The molecule has 8 nitrogen and oxygen atoms in total. The van der Waals surface area contributed by atoms with Gasteiger partial charge in [-0.15, -0.1) is 0 Å². The monoisotopic (exact) mass is 392 g/mol. The van der Waals surface area contributed by atoms with Crippen molar-refractivity contribution in [1.82, 2.24) is 9.80 Å². The fourth-order valence-electron chi connectivity index (χ4n) is 2.36. The van der Waals surface area contributed by atoms with Crippen molar-refractivity contribution in [3.05, 3.63) is 35.5 Å². The molecule has 0 spiro atoms. The molecule has 27 heavy (non-hydrogen) atoms. The Morgan fingerprint density at radius 2 is 1.93 bits per heavy atom. The second kappa shape index (κ2) is 9.13. The number of hydrogen-bond acceptors (Lipinski definition) is 7. The van der Waals surface area contributed by atoms with Crippen molar-refractivity contribution in [2.24, 2.45) is 0 Å². The molecule has 1 saturated heterocycles. The van der Waals surface area contributed by atoms with Crippen LogP contribution in [0.15, 0.2) is 30.0 Å². The van der Waals surface area contributed by atoms with Gasteiger partial charge in [0.1, 0.15) is 18.0 Å². The minimum Gasteiger partial charge on any atom is -0.481 e. The van der Waals surface area contributed by atoms with Gasteiger partial charge < -0.3 is 19.1 Å². The zero-order valence-corrected chi connectivity index (χ0v) is 16.1. The van der Waals surface area contributed by atoms with Crippen LogP contribution in [-0.4, -0.2) is 66.7 Å². The van der Waals surface area contributed by atoms with Gasteiger partial charge in [-0.1, -0.05) is 18.2 Å². The highest BCUT2D eigenvalue weighted by Gasteiger charge is 2.37. The van der Waals surface area contributed by atoms with Gasteiger partial charge in [0.05, 0.1) is 13.7 Å². The topological polar surface area (TPSA) is 85.4 Å². The highest BCUT2D eigenvalue weighted by molar-refractivity contribution is 7.80. The third-order valence-corrected chi connectivity index (χ3v) is 4.21. The van der Waals surface area contributed by atoms with Gasteiger partial charge >= 0.3 is 11.9 Å². The Bertz CT molecular complexity index is 792. The number of methoxy groups -OCH3 is 1. The Morgan fingerprint density at radius 3 is 2.59 bits per heavy atom. The van der Waals surface area contributed by atoms with Gasteiger partial charge in [-0.2, -0.15) is 0 Å². The molecule has 0 N–H and O–H groups in total. The van der Waals surface area contributed by atoms with Crippen molar-refractivity contribution in [2.45, 2.75) is 6.92 Å². The van der Waals surface area contributed by atoms with Crippen LogP contribution in [0.4, 0.5) is 0 Å². The molecule has 1 aromatic carbocycles. The van der Waals surface area contributed by atoms with Gasteiger partial charge in [0.25, 0.3) is 5.91 Å². The highest BCUT2D eigenvalue weighted by Crippen LogP contribution is 2.26. The van der Waals surface area contributed by atoms with Gasteiger partial charge in [-0.25, -0.2) is 4.79 Å². The van der Waals surface area contributed by atoms with E-state index in [0.29, 0.717) is 11.3 Å². The number of benzene rings is 1. The Hall–Kier alpha value is -2.94. The second-order valence-electron chi connectivity index (χ2n) is 5.47. The molecule has 0 aliphatic carbocycles. The summed E-state index contributed by atoms with van der Waals surface area (Å²) in [4.78, 5) is 38.3. The van der Waals surface area contributed by atoms with Crippen LogP contribution in [0, 0.1) is 0 Å². The van der Waals surface area contributed by atoms with Gasteiger partial charge in [-0.3, -0.25) is 14.5 Å². The molecule has 0 bridgehead atoms. The van der Waals surface area contributed by atoms with Crippen LogP contribution >= 0.6 is 12.2 Å². The molecule has 1 aromatic rings. The number of esters is 2. The Kier molecular flexibility index (Phi) is 6.89. The lowest BCUT2D eigenvalue weighted by atomic mass is 10.1. The van der Waals surface area contributed by atoms with Gasteiger partial charge in [0.2, 0.25) is 0 Å². The second-order valence-corrected chi connectivity index (χ2v) is 5.84. The molecule has 1 fully saturated rings. The number of para-hydroxylation sites is 1. The highest BCUT2D eigenvalue weighted by atomic mass is 32.1. The molecule has 0 atom stereocenters. The molecule has 1 aliphatic rings. The lowest BCUT2D eigenvalue weighted by molar-refractivity contribution is -0.145. The van der Waals surface area contributed by atoms with E-state index in [4.69, 9.17) is 21.7 Å². The number of carbonyl (C=O) groups excluding carboxylic acids is 3. The van der Waals surface area contributed by atoms with Gasteiger partial charge in [0.15, 0.2) is 11.7 Å². The van der Waals surface area contributed by atoms with Crippen molar-refractivity contribution in [1.29, 1.82) is 0 Å². The van der Waals surface area contributed by atoms with Crippen LogP contribution in [0.2, 0.25) is 0 Å². The fourth-order valence-corrected chi connectivity index (χ4v) is 2.61. The van der Waals surface area contributed by atoms with E-state index in [1.165, 1.54) is 12.0 Å². The van der Waals surface area contributed by atoms with Crippen LogP contribution in [0.5, 0.6) is 5.75 Å². The molecular weight excluding hydrogens is 372 g/mol. The average Bonchev–Trinajstić information content (AvgIpc) is 2.85. The van der Waals surface area contributed by atoms with E-state index in [-0.39, 0.29) is 30.6 Å². The van der Waals surface area contributed by atoms with E-state index in [1.54, 1.807) is 44.3 Å². The first-order valence-electron chi connectivity index (χ1n) is 8.14. The van der Waals surface area contributed by atoms with E-state index in [0.717, 1.165) is 4.90 Å².